The number of nitrogens with one attached hydrogen (secondary N) is 1. The van der Waals surface area contributed by atoms with Crippen molar-refractivity contribution in [1.29, 1.82) is 0 Å². The fourth-order valence-corrected chi connectivity index (χ4v) is 3.68. The minimum Gasteiger partial charge on any atom is -0.298 e. The summed E-state index contributed by atoms with van der Waals surface area (Å²) in [7, 11) is -8.57. The number of terminal acetylenes is 2. The Labute approximate surface area is 135 Å². The largest absolute Gasteiger partial charge is 0.437 e. The minimum absolute atomic E-state index is 0.247. The average molecular weight is 361 g/mol. The smallest absolute Gasteiger partial charge is 0.298 e. The molecule has 0 spiro atoms. The topological polar surface area (TPSA) is 100 Å². The van der Waals surface area contributed by atoms with E-state index < -0.39 is 34.2 Å². The molecular weight excluding hydrogens is 344 g/mol. The summed E-state index contributed by atoms with van der Waals surface area (Å²) in [5.41, 5.74) is -1.33. The van der Waals surface area contributed by atoms with Gasteiger partial charge in [0.1, 0.15) is 13.2 Å². The molecule has 0 atom stereocenters. The molecule has 0 aliphatic heterocycles. The summed E-state index contributed by atoms with van der Waals surface area (Å²) in [6, 6.07) is 0. The van der Waals surface area contributed by atoms with Crippen LogP contribution >= 0.6 is 15.3 Å². The van der Waals surface area contributed by atoms with Gasteiger partial charge in [-0.05, 0) is 0 Å². The second-order valence-electron chi connectivity index (χ2n) is 3.54. The third-order valence-electron chi connectivity index (χ3n) is 1.84. The Morgan fingerprint density at radius 2 is 1.43 bits per heavy atom. The quantitative estimate of drug-likeness (QED) is 0.324. The van der Waals surface area contributed by atoms with E-state index >= 15 is 0 Å². The van der Waals surface area contributed by atoms with E-state index in [1.54, 1.807) is 0 Å². The van der Waals surface area contributed by atoms with Crippen molar-refractivity contribution in [3.63, 3.8) is 0 Å². The zero-order valence-electron chi connectivity index (χ0n) is 12.3. The second kappa shape index (κ2) is 11.0. The first kappa shape index (κ1) is 21.4. The number of rotatable bonds is 12. The van der Waals surface area contributed by atoms with Crippen LogP contribution in [-0.2, 0) is 27.2 Å². The summed E-state index contributed by atoms with van der Waals surface area (Å²) < 4.78 is 43.9. The zero-order chi connectivity index (χ0) is 17.8. The first-order valence-electron chi connectivity index (χ1n) is 6.07. The standard InChI is InChI=1S/C13H17NO7P2/c1-5-9-18-22(16,19-10-6-2)13(15)14-23(17,20-11-7-3)21-12-8-4/h3-6H,1-2,9-12H2,(H,14,15,17). The van der Waals surface area contributed by atoms with Gasteiger partial charge in [0.05, 0.1) is 13.2 Å². The molecule has 0 radical (unpaired) electrons. The number of carbonyl (C=O) groups excluding carboxylic acids is 1. The molecule has 1 amide bonds. The van der Waals surface area contributed by atoms with Crippen LogP contribution in [0, 0.1) is 24.7 Å². The fraction of sp³-hybridized carbons (Fsp3) is 0.308. The van der Waals surface area contributed by atoms with Gasteiger partial charge in [0.2, 0.25) is 0 Å². The average Bonchev–Trinajstić information content (AvgIpc) is 2.54. The maximum atomic E-state index is 12.4. The van der Waals surface area contributed by atoms with Crippen LogP contribution in [0.15, 0.2) is 25.3 Å². The van der Waals surface area contributed by atoms with Gasteiger partial charge in [-0.1, -0.05) is 24.0 Å². The van der Waals surface area contributed by atoms with Crippen LogP contribution in [0.2, 0.25) is 0 Å². The molecule has 0 saturated carbocycles. The lowest BCUT2D eigenvalue weighted by atomic mass is 10.7. The summed E-state index contributed by atoms with van der Waals surface area (Å²) in [4.78, 5) is 12.1. The molecule has 0 bridgehead atoms. The Bertz CT molecular complexity index is 564. The number of hydrogen-bond donors (Lipinski definition) is 1. The molecule has 0 saturated heterocycles. The van der Waals surface area contributed by atoms with Crippen molar-refractivity contribution in [1.82, 2.24) is 5.09 Å². The van der Waals surface area contributed by atoms with E-state index in [0.717, 1.165) is 0 Å². The number of hydrogen-bond acceptors (Lipinski definition) is 7. The first-order valence-corrected chi connectivity index (χ1v) is 9.15. The van der Waals surface area contributed by atoms with Crippen LogP contribution in [-0.4, -0.2) is 32.1 Å². The molecule has 0 rings (SSSR count). The Morgan fingerprint density at radius 3 is 1.78 bits per heavy atom. The molecule has 126 valence electrons. The van der Waals surface area contributed by atoms with Crippen molar-refractivity contribution >= 4 is 21.0 Å². The van der Waals surface area contributed by atoms with Crippen molar-refractivity contribution < 1.29 is 32.0 Å². The fourth-order valence-electron chi connectivity index (χ4n) is 0.981. The lowest BCUT2D eigenvalue weighted by Crippen LogP contribution is -2.24. The van der Waals surface area contributed by atoms with Crippen molar-refractivity contribution in [2.45, 2.75) is 0 Å². The van der Waals surface area contributed by atoms with Gasteiger partial charge in [0.15, 0.2) is 0 Å². The monoisotopic (exact) mass is 361 g/mol. The van der Waals surface area contributed by atoms with Gasteiger partial charge in [-0.2, -0.15) is 0 Å². The predicted molar refractivity (Wildman–Crippen MR) is 85.6 cm³/mol. The lowest BCUT2D eigenvalue weighted by Gasteiger charge is -2.20. The minimum atomic E-state index is -4.33. The number of amides is 1. The molecule has 1 N–H and O–H groups in total. The highest BCUT2D eigenvalue weighted by Crippen LogP contribution is 2.53. The zero-order valence-corrected chi connectivity index (χ0v) is 14.1. The van der Waals surface area contributed by atoms with Gasteiger partial charge >= 0.3 is 21.0 Å². The molecule has 0 aromatic carbocycles. The molecule has 23 heavy (non-hydrogen) atoms. The highest BCUT2D eigenvalue weighted by atomic mass is 31.2. The van der Waals surface area contributed by atoms with Crippen molar-refractivity contribution in [2.75, 3.05) is 26.4 Å². The van der Waals surface area contributed by atoms with Crippen molar-refractivity contribution in [2.24, 2.45) is 0 Å². The molecule has 0 aliphatic rings. The molecule has 0 aromatic rings. The van der Waals surface area contributed by atoms with E-state index in [9.17, 15) is 13.9 Å². The van der Waals surface area contributed by atoms with E-state index in [1.807, 2.05) is 16.9 Å². The SMILES string of the molecule is C#CCOP(=O)(NC(=O)P(=O)(OCC=C)OCC=C)OCC#C. The van der Waals surface area contributed by atoms with E-state index in [4.69, 9.17) is 30.9 Å². The van der Waals surface area contributed by atoms with Crippen LogP contribution < -0.4 is 5.09 Å². The van der Waals surface area contributed by atoms with Gasteiger partial charge in [-0.25, -0.2) is 9.13 Å². The van der Waals surface area contributed by atoms with Crippen LogP contribution in [0.25, 0.3) is 0 Å². The summed E-state index contributed by atoms with van der Waals surface area (Å²) >= 11 is 0. The Balaban J connectivity index is 5.22. The predicted octanol–water partition coefficient (Wildman–Crippen LogP) is 2.70. The molecule has 10 heteroatoms. The van der Waals surface area contributed by atoms with E-state index in [1.165, 1.54) is 12.2 Å². The maximum absolute atomic E-state index is 12.4. The molecule has 0 unspecified atom stereocenters. The third kappa shape index (κ3) is 7.97. The van der Waals surface area contributed by atoms with Gasteiger partial charge < -0.3 is 0 Å². The molecule has 0 aliphatic carbocycles. The van der Waals surface area contributed by atoms with Crippen molar-refractivity contribution in [3.8, 4) is 24.7 Å². The van der Waals surface area contributed by atoms with Crippen LogP contribution in [0.3, 0.4) is 0 Å². The summed E-state index contributed by atoms with van der Waals surface area (Å²) in [5, 5.41) is 1.82. The Kier molecular flexibility index (Phi) is 10.2. The van der Waals surface area contributed by atoms with E-state index in [2.05, 4.69) is 13.2 Å². The van der Waals surface area contributed by atoms with Gasteiger partial charge in [-0.15, -0.1) is 26.0 Å². The number of carbonyl (C=O) groups is 1. The van der Waals surface area contributed by atoms with Crippen molar-refractivity contribution in [3.05, 3.63) is 25.3 Å². The maximum Gasteiger partial charge on any atom is 0.437 e. The first-order chi connectivity index (χ1) is 10.9. The molecule has 0 aromatic heterocycles. The third-order valence-corrected chi connectivity index (χ3v) is 5.02. The van der Waals surface area contributed by atoms with Gasteiger partial charge in [0.25, 0.3) is 0 Å². The normalized spacial score (nSPS) is 11.0. The summed E-state index contributed by atoms with van der Waals surface area (Å²) in [6.45, 7) is 5.34. The van der Waals surface area contributed by atoms with E-state index in [-0.39, 0.29) is 13.2 Å². The highest BCUT2D eigenvalue weighted by molar-refractivity contribution is 7.73. The Hall–Kier alpha value is -1.63. The van der Waals surface area contributed by atoms with Gasteiger partial charge in [-0.3, -0.25) is 28.0 Å². The molecule has 8 nitrogen and oxygen atoms in total. The van der Waals surface area contributed by atoms with Crippen LogP contribution in [0.1, 0.15) is 0 Å². The van der Waals surface area contributed by atoms with Gasteiger partial charge in [0, 0.05) is 0 Å². The van der Waals surface area contributed by atoms with E-state index in [0.29, 0.717) is 0 Å². The summed E-state index contributed by atoms with van der Waals surface area (Å²) in [6.07, 6.45) is 12.5. The second-order valence-corrected chi connectivity index (χ2v) is 7.19. The molecular formula is C13H17NO7P2. The highest BCUT2D eigenvalue weighted by Gasteiger charge is 2.40. The Morgan fingerprint density at radius 1 is 1.00 bits per heavy atom. The molecule has 0 heterocycles. The summed E-state index contributed by atoms with van der Waals surface area (Å²) in [5.74, 6) is 4.09. The van der Waals surface area contributed by atoms with Crippen LogP contribution in [0.5, 0.6) is 0 Å². The van der Waals surface area contributed by atoms with Crippen LogP contribution in [0.4, 0.5) is 4.79 Å². The lowest BCUT2D eigenvalue weighted by molar-refractivity contribution is 0.210. The molecule has 0 fully saturated rings.